The Morgan fingerprint density at radius 3 is 2.94 bits per heavy atom. The Labute approximate surface area is 114 Å². The molecule has 0 aliphatic carbocycles. The lowest BCUT2D eigenvalue weighted by atomic mass is 10.1. The Hall–Kier alpha value is -1.26. The minimum atomic E-state index is 0. The zero-order chi connectivity index (χ0) is 12.3. The van der Waals surface area contributed by atoms with Gasteiger partial charge in [-0.15, -0.1) is 12.4 Å². The molecule has 0 unspecified atom stereocenters. The molecule has 1 fully saturated rings. The van der Waals surface area contributed by atoms with Gasteiger partial charge in [-0.05, 0) is 31.0 Å². The number of carbonyl (C=O) groups excluding carboxylic acids is 1. The first-order chi connectivity index (χ1) is 8.20. The second-order valence-corrected chi connectivity index (χ2v) is 4.39. The van der Waals surface area contributed by atoms with Gasteiger partial charge in [-0.1, -0.05) is 6.07 Å². The van der Waals surface area contributed by atoms with Crippen LogP contribution in [0, 0.1) is 0 Å². The van der Waals surface area contributed by atoms with Gasteiger partial charge in [0.15, 0.2) is 0 Å². The normalized spacial score (nSPS) is 19.0. The quantitative estimate of drug-likeness (QED) is 0.890. The third kappa shape index (κ3) is 3.37. The molecule has 2 rings (SSSR count). The number of carbonyl (C=O) groups is 1. The van der Waals surface area contributed by atoms with Crippen LogP contribution >= 0.6 is 12.4 Å². The summed E-state index contributed by atoms with van der Waals surface area (Å²) in [5, 5.41) is 0. The number of rotatable bonds is 2. The van der Waals surface area contributed by atoms with Crippen molar-refractivity contribution in [1.82, 2.24) is 4.90 Å². The van der Waals surface area contributed by atoms with Gasteiger partial charge in [0, 0.05) is 24.7 Å². The smallest absolute Gasteiger partial charge is 0.254 e. The molecule has 5 heteroatoms. The molecule has 0 saturated carbocycles. The van der Waals surface area contributed by atoms with Gasteiger partial charge >= 0.3 is 0 Å². The maximum atomic E-state index is 12.2. The fourth-order valence-corrected chi connectivity index (χ4v) is 2.13. The third-order valence-electron chi connectivity index (χ3n) is 3.06. The first-order valence-corrected chi connectivity index (χ1v) is 5.89. The van der Waals surface area contributed by atoms with Crippen LogP contribution in [-0.2, 0) is 0 Å². The number of amides is 1. The molecule has 0 bridgehead atoms. The lowest BCUT2D eigenvalue weighted by molar-refractivity contribution is 0.0708. The molecule has 1 aromatic rings. The average molecular weight is 271 g/mol. The fraction of sp³-hybridized carbons (Fsp3) is 0.462. The molecule has 1 heterocycles. The lowest BCUT2D eigenvalue weighted by Crippen LogP contribution is -2.45. The predicted molar refractivity (Wildman–Crippen MR) is 73.4 cm³/mol. The highest BCUT2D eigenvalue weighted by molar-refractivity contribution is 5.94. The van der Waals surface area contributed by atoms with Crippen LogP contribution in [0.1, 0.15) is 23.2 Å². The molecule has 1 saturated heterocycles. The zero-order valence-corrected chi connectivity index (χ0v) is 11.3. The standard InChI is InChI=1S/C13H18N2O2.ClH/c1-17-12-6-2-4-10(8-12)13(16)15-7-3-5-11(14)9-15;/h2,4,6,8,11H,3,5,7,9,14H2,1H3;1H/t11-;/m1./s1. The summed E-state index contributed by atoms with van der Waals surface area (Å²) in [5.41, 5.74) is 6.54. The van der Waals surface area contributed by atoms with E-state index in [0.29, 0.717) is 17.9 Å². The number of likely N-dealkylation sites (tertiary alicyclic amines) is 1. The number of halogens is 1. The van der Waals surface area contributed by atoms with Crippen molar-refractivity contribution in [2.24, 2.45) is 5.73 Å². The lowest BCUT2D eigenvalue weighted by Gasteiger charge is -2.30. The average Bonchev–Trinajstić information content (AvgIpc) is 2.38. The first-order valence-electron chi connectivity index (χ1n) is 5.89. The van der Waals surface area contributed by atoms with Crippen molar-refractivity contribution >= 4 is 18.3 Å². The van der Waals surface area contributed by atoms with Gasteiger partial charge in [0.1, 0.15) is 5.75 Å². The summed E-state index contributed by atoms with van der Waals surface area (Å²) in [4.78, 5) is 14.1. The number of methoxy groups -OCH3 is 1. The summed E-state index contributed by atoms with van der Waals surface area (Å²) in [6, 6.07) is 7.35. The number of hydrogen-bond donors (Lipinski definition) is 1. The van der Waals surface area contributed by atoms with Crippen molar-refractivity contribution in [2.45, 2.75) is 18.9 Å². The van der Waals surface area contributed by atoms with Gasteiger partial charge in [0.25, 0.3) is 5.91 Å². The number of hydrogen-bond acceptors (Lipinski definition) is 3. The summed E-state index contributed by atoms with van der Waals surface area (Å²) in [5.74, 6) is 0.746. The van der Waals surface area contributed by atoms with Crippen LogP contribution in [0.15, 0.2) is 24.3 Å². The summed E-state index contributed by atoms with van der Waals surface area (Å²) in [7, 11) is 1.60. The van der Waals surface area contributed by atoms with Crippen LogP contribution in [0.3, 0.4) is 0 Å². The first kappa shape index (κ1) is 14.8. The van der Waals surface area contributed by atoms with Crippen molar-refractivity contribution in [2.75, 3.05) is 20.2 Å². The van der Waals surface area contributed by atoms with E-state index in [1.807, 2.05) is 23.1 Å². The number of ether oxygens (including phenoxy) is 1. The van der Waals surface area contributed by atoms with Gasteiger partial charge < -0.3 is 15.4 Å². The second kappa shape index (κ2) is 6.61. The third-order valence-corrected chi connectivity index (χ3v) is 3.06. The van der Waals surface area contributed by atoms with E-state index in [0.717, 1.165) is 19.4 Å². The van der Waals surface area contributed by atoms with Crippen molar-refractivity contribution < 1.29 is 9.53 Å². The fourth-order valence-electron chi connectivity index (χ4n) is 2.13. The Balaban J connectivity index is 0.00000162. The maximum absolute atomic E-state index is 12.2. The minimum Gasteiger partial charge on any atom is -0.497 e. The highest BCUT2D eigenvalue weighted by Gasteiger charge is 2.22. The Morgan fingerprint density at radius 2 is 2.28 bits per heavy atom. The van der Waals surface area contributed by atoms with E-state index in [1.54, 1.807) is 13.2 Å². The van der Waals surface area contributed by atoms with Crippen molar-refractivity contribution in [3.05, 3.63) is 29.8 Å². The van der Waals surface area contributed by atoms with Crippen LogP contribution in [0.2, 0.25) is 0 Å². The number of nitrogens with zero attached hydrogens (tertiary/aromatic N) is 1. The molecule has 0 spiro atoms. The number of piperidine rings is 1. The molecule has 1 aliphatic rings. The van der Waals surface area contributed by atoms with E-state index in [2.05, 4.69) is 0 Å². The van der Waals surface area contributed by atoms with Gasteiger partial charge in [0.2, 0.25) is 0 Å². The van der Waals surface area contributed by atoms with Gasteiger partial charge in [-0.25, -0.2) is 0 Å². The van der Waals surface area contributed by atoms with Crippen LogP contribution < -0.4 is 10.5 Å². The van der Waals surface area contributed by atoms with Crippen LogP contribution in [0.25, 0.3) is 0 Å². The molecule has 1 atom stereocenters. The molecular weight excluding hydrogens is 252 g/mol. The van der Waals surface area contributed by atoms with Gasteiger partial charge in [-0.2, -0.15) is 0 Å². The van der Waals surface area contributed by atoms with E-state index in [9.17, 15) is 4.79 Å². The molecular formula is C13H19ClN2O2. The predicted octanol–water partition coefficient (Wildman–Crippen LogP) is 1.68. The highest BCUT2D eigenvalue weighted by atomic mass is 35.5. The molecule has 4 nitrogen and oxygen atoms in total. The summed E-state index contributed by atoms with van der Waals surface area (Å²) in [6.45, 7) is 1.44. The van der Waals surface area contributed by atoms with Crippen molar-refractivity contribution in [3.8, 4) is 5.75 Å². The molecule has 0 aromatic heterocycles. The van der Waals surface area contributed by atoms with Gasteiger partial charge in [0.05, 0.1) is 7.11 Å². The number of nitrogens with two attached hydrogens (primary N) is 1. The van der Waals surface area contributed by atoms with Crippen molar-refractivity contribution in [1.29, 1.82) is 0 Å². The molecule has 18 heavy (non-hydrogen) atoms. The van der Waals surface area contributed by atoms with E-state index in [4.69, 9.17) is 10.5 Å². The topological polar surface area (TPSA) is 55.6 Å². The van der Waals surface area contributed by atoms with Crippen LogP contribution in [0.5, 0.6) is 5.75 Å². The molecule has 0 radical (unpaired) electrons. The summed E-state index contributed by atoms with van der Waals surface area (Å²) in [6.07, 6.45) is 1.98. The molecule has 1 aliphatic heterocycles. The second-order valence-electron chi connectivity index (χ2n) is 4.39. The minimum absolute atomic E-state index is 0. The SMILES string of the molecule is COc1cccc(C(=O)N2CCC[C@@H](N)C2)c1.Cl. The van der Waals surface area contributed by atoms with E-state index < -0.39 is 0 Å². The Kier molecular flexibility index (Phi) is 5.44. The number of benzene rings is 1. The molecule has 1 aromatic carbocycles. The zero-order valence-electron chi connectivity index (χ0n) is 10.5. The van der Waals surface area contributed by atoms with Crippen LogP contribution in [-0.4, -0.2) is 37.0 Å². The Bertz CT molecular complexity index is 412. The van der Waals surface area contributed by atoms with E-state index in [1.165, 1.54) is 0 Å². The summed E-state index contributed by atoms with van der Waals surface area (Å²) >= 11 is 0. The highest BCUT2D eigenvalue weighted by Crippen LogP contribution is 2.17. The van der Waals surface area contributed by atoms with Crippen LogP contribution in [0.4, 0.5) is 0 Å². The Morgan fingerprint density at radius 1 is 1.50 bits per heavy atom. The largest absolute Gasteiger partial charge is 0.497 e. The monoisotopic (exact) mass is 270 g/mol. The summed E-state index contributed by atoms with van der Waals surface area (Å²) < 4.78 is 5.12. The van der Waals surface area contributed by atoms with Gasteiger partial charge in [-0.3, -0.25) is 4.79 Å². The molecule has 2 N–H and O–H groups in total. The van der Waals surface area contributed by atoms with E-state index >= 15 is 0 Å². The van der Waals surface area contributed by atoms with Crippen molar-refractivity contribution in [3.63, 3.8) is 0 Å². The molecule has 100 valence electrons. The maximum Gasteiger partial charge on any atom is 0.254 e. The van der Waals surface area contributed by atoms with E-state index in [-0.39, 0.29) is 24.4 Å². The molecule has 1 amide bonds.